The summed E-state index contributed by atoms with van der Waals surface area (Å²) in [5.74, 6) is 2.65. The Balaban J connectivity index is 1.08. The first kappa shape index (κ1) is 31.2. The lowest BCUT2D eigenvalue weighted by atomic mass is 9.43. The summed E-state index contributed by atoms with van der Waals surface area (Å²) in [6.45, 7) is 11.1. The minimum atomic E-state index is -4.09. The van der Waals surface area contributed by atoms with Gasteiger partial charge in [-0.05, 0) is 135 Å². The first-order valence-electron chi connectivity index (χ1n) is 16.6. The molecule has 1 amide bonds. The molecule has 0 saturated heterocycles. The van der Waals surface area contributed by atoms with E-state index < -0.39 is 16.1 Å². The van der Waals surface area contributed by atoms with E-state index in [9.17, 15) is 23.4 Å². The zero-order valence-corrected chi connectivity index (χ0v) is 27.3. The van der Waals surface area contributed by atoms with Gasteiger partial charge in [0.05, 0.1) is 23.7 Å². The van der Waals surface area contributed by atoms with Gasteiger partial charge in [0.2, 0.25) is 0 Å². The number of benzene rings is 1. The molecule has 0 aromatic heterocycles. The van der Waals surface area contributed by atoms with Gasteiger partial charge in [0.1, 0.15) is 11.4 Å². The first-order chi connectivity index (χ1) is 20.2. The van der Waals surface area contributed by atoms with Crippen LogP contribution in [0.1, 0.15) is 98.0 Å². The molecule has 3 N–H and O–H groups in total. The molecule has 0 spiro atoms. The Hall–Kier alpha value is -1.84. The van der Waals surface area contributed by atoms with Crippen LogP contribution in [0.4, 0.5) is 4.79 Å². The zero-order valence-electron chi connectivity index (χ0n) is 26.5. The monoisotopic (exact) mass is 617 g/mol. The molecule has 11 atom stereocenters. The molecule has 5 aliphatic rings. The quantitative estimate of drug-likeness (QED) is 0.367. The summed E-state index contributed by atoms with van der Waals surface area (Å²) in [7, 11) is -4.09. The van der Waals surface area contributed by atoms with Gasteiger partial charge in [0.15, 0.2) is 0 Å². The van der Waals surface area contributed by atoms with Gasteiger partial charge >= 0.3 is 6.09 Å². The Morgan fingerprint density at radius 3 is 2.53 bits per heavy atom. The molecule has 240 valence electrons. The molecular formula is C34H51NO7S. The van der Waals surface area contributed by atoms with Gasteiger partial charge in [0, 0.05) is 6.42 Å². The van der Waals surface area contributed by atoms with E-state index in [4.69, 9.17) is 9.47 Å². The maximum atomic E-state index is 13.0. The van der Waals surface area contributed by atoms with Crippen molar-refractivity contribution in [1.29, 1.82) is 0 Å². The maximum absolute atomic E-state index is 13.0. The third-order valence-corrected chi connectivity index (χ3v) is 14.4. The van der Waals surface area contributed by atoms with E-state index >= 15 is 0 Å². The third-order valence-electron chi connectivity index (χ3n) is 13.1. The molecule has 4 fully saturated rings. The van der Waals surface area contributed by atoms with Gasteiger partial charge in [-0.3, -0.25) is 0 Å². The molecule has 0 radical (unpaired) electrons. The molecule has 8 nitrogen and oxygen atoms in total. The highest BCUT2D eigenvalue weighted by Gasteiger charge is 2.63. The van der Waals surface area contributed by atoms with Crippen molar-refractivity contribution in [3.63, 3.8) is 0 Å². The fraction of sp³-hybridized carbons (Fsp3) is 0.794. The lowest BCUT2D eigenvalue weighted by Crippen LogP contribution is -2.58. The van der Waals surface area contributed by atoms with Crippen LogP contribution in [0.5, 0.6) is 5.75 Å². The van der Waals surface area contributed by atoms with Crippen LogP contribution >= 0.6 is 0 Å². The van der Waals surface area contributed by atoms with Crippen molar-refractivity contribution in [3.05, 3.63) is 23.8 Å². The van der Waals surface area contributed by atoms with Gasteiger partial charge in [-0.25, -0.2) is 17.9 Å². The minimum absolute atomic E-state index is 0.0255. The number of carbonyl (C=O) groups is 1. The second kappa shape index (κ2) is 10.9. The van der Waals surface area contributed by atoms with Crippen LogP contribution in [0, 0.1) is 46.3 Å². The fourth-order valence-corrected chi connectivity index (χ4v) is 11.5. The normalized spacial score (nSPS) is 42.5. The number of aliphatic hydroxyl groups is 2. The number of ether oxygens (including phenoxy) is 2. The lowest BCUT2D eigenvalue weighted by molar-refractivity contribution is -0.174. The Morgan fingerprint density at radius 1 is 1.07 bits per heavy atom. The highest BCUT2D eigenvalue weighted by molar-refractivity contribution is 7.90. The number of fused-ring (bicyclic) bond motifs is 6. The number of carbonyl (C=O) groups excluding carboxylic acids is 1. The number of rotatable bonds is 6. The molecule has 9 heteroatoms. The van der Waals surface area contributed by atoms with Crippen molar-refractivity contribution in [2.75, 3.05) is 6.61 Å². The molecule has 4 aliphatic carbocycles. The van der Waals surface area contributed by atoms with Crippen molar-refractivity contribution in [2.45, 2.75) is 122 Å². The highest BCUT2D eigenvalue weighted by atomic mass is 32.2. The summed E-state index contributed by atoms with van der Waals surface area (Å²) >= 11 is 0. The second-order valence-electron chi connectivity index (χ2n) is 15.5. The van der Waals surface area contributed by atoms with E-state index in [-0.39, 0.29) is 52.0 Å². The van der Waals surface area contributed by atoms with Crippen LogP contribution in [-0.4, -0.2) is 49.1 Å². The van der Waals surface area contributed by atoms with Crippen molar-refractivity contribution >= 4 is 16.1 Å². The van der Waals surface area contributed by atoms with Crippen LogP contribution in [0.3, 0.4) is 0 Å². The number of sulfonamides is 1. The fourth-order valence-electron chi connectivity index (χ4n) is 10.6. The highest BCUT2D eigenvalue weighted by Crippen LogP contribution is 2.68. The molecule has 1 aromatic carbocycles. The van der Waals surface area contributed by atoms with E-state index in [1.165, 1.54) is 6.07 Å². The standard InChI is InChI=1S/C34H51NO7S/c1-6-32(3)18-21-15-24(7-10-29(21)42-32)43(39,40)35-31(38)41-19-20(2)25-8-9-26-30-27(12-14-34(25,26)5)33(4)13-11-23(36)16-22(33)17-28(30)37/h7,10,15,20,22-23,25-28,30,36-37H,6,8-9,11-14,16-19H2,1-5H3,(H,35,38)/t20-,22+,23-,25-,26+,27+,28-,30+,32?,33+,34-/m1/s1. The number of aliphatic hydroxyl groups excluding tert-OH is 2. The van der Waals surface area contributed by atoms with Crippen molar-refractivity contribution in [3.8, 4) is 5.75 Å². The van der Waals surface area contributed by atoms with E-state index in [0.717, 1.165) is 63.4 Å². The summed E-state index contributed by atoms with van der Waals surface area (Å²) in [6, 6.07) is 4.71. The molecule has 4 saturated carbocycles. The van der Waals surface area contributed by atoms with E-state index in [2.05, 4.69) is 25.5 Å². The first-order valence-corrected chi connectivity index (χ1v) is 18.0. The predicted molar refractivity (Wildman–Crippen MR) is 163 cm³/mol. The van der Waals surface area contributed by atoms with Gasteiger partial charge in [-0.2, -0.15) is 0 Å². The molecule has 1 unspecified atom stereocenters. The second-order valence-corrected chi connectivity index (χ2v) is 17.2. The minimum Gasteiger partial charge on any atom is -0.487 e. The van der Waals surface area contributed by atoms with Gasteiger partial charge in [-0.15, -0.1) is 0 Å². The summed E-state index contributed by atoms with van der Waals surface area (Å²) in [4.78, 5) is 12.8. The average molecular weight is 618 g/mol. The molecule has 1 aromatic rings. The average Bonchev–Trinajstić information content (AvgIpc) is 3.48. The van der Waals surface area contributed by atoms with Gasteiger partial charge in [-0.1, -0.05) is 27.7 Å². The molecular weight excluding hydrogens is 566 g/mol. The van der Waals surface area contributed by atoms with Crippen LogP contribution in [0.25, 0.3) is 0 Å². The summed E-state index contributed by atoms with van der Waals surface area (Å²) in [5.41, 5.74) is 0.700. The third kappa shape index (κ3) is 5.29. The zero-order chi connectivity index (χ0) is 30.9. The Bertz CT molecular complexity index is 1350. The SMILES string of the molecule is CCC1(C)Cc2cc(S(=O)(=O)NC(=O)OC[C@@H](C)[C@H]3CC[C@H]4[C@@H]5[C@H](O)C[C@@H]6C[C@H](O)CC[C@]6(C)[C@H]5CC[C@]34C)ccc2O1. The Labute approximate surface area is 257 Å². The van der Waals surface area contributed by atoms with Crippen LogP contribution < -0.4 is 9.46 Å². The van der Waals surface area contributed by atoms with Gasteiger partial charge in [0.25, 0.3) is 10.0 Å². The summed E-state index contributed by atoms with van der Waals surface area (Å²) < 4.78 is 39.7. The molecule has 6 rings (SSSR count). The van der Waals surface area contributed by atoms with Crippen molar-refractivity contribution < 1.29 is 32.9 Å². The molecule has 0 bridgehead atoms. The maximum Gasteiger partial charge on any atom is 0.421 e. The largest absolute Gasteiger partial charge is 0.487 e. The number of nitrogens with one attached hydrogen (secondary N) is 1. The summed E-state index contributed by atoms with van der Waals surface area (Å²) in [6.07, 6.45) is 7.66. The van der Waals surface area contributed by atoms with E-state index in [1.807, 2.05) is 13.8 Å². The Morgan fingerprint density at radius 2 is 1.79 bits per heavy atom. The number of hydrogen-bond acceptors (Lipinski definition) is 7. The van der Waals surface area contributed by atoms with Gasteiger partial charge < -0.3 is 19.7 Å². The molecule has 43 heavy (non-hydrogen) atoms. The smallest absolute Gasteiger partial charge is 0.421 e. The van der Waals surface area contributed by atoms with E-state index in [1.54, 1.807) is 12.1 Å². The van der Waals surface area contributed by atoms with Crippen LogP contribution in [0.2, 0.25) is 0 Å². The van der Waals surface area contributed by atoms with Crippen molar-refractivity contribution in [2.24, 2.45) is 46.3 Å². The summed E-state index contributed by atoms with van der Waals surface area (Å²) in [5, 5.41) is 21.8. The topological polar surface area (TPSA) is 122 Å². The predicted octanol–water partition coefficient (Wildman–Crippen LogP) is 5.83. The molecule has 1 aliphatic heterocycles. The molecule has 1 heterocycles. The lowest BCUT2D eigenvalue weighted by Gasteiger charge is -2.62. The number of hydrogen-bond donors (Lipinski definition) is 3. The van der Waals surface area contributed by atoms with Crippen LogP contribution in [0.15, 0.2) is 23.1 Å². The van der Waals surface area contributed by atoms with Crippen LogP contribution in [-0.2, 0) is 21.2 Å². The Kier molecular flexibility index (Phi) is 7.90. The number of amides is 1. The van der Waals surface area contributed by atoms with Crippen molar-refractivity contribution in [1.82, 2.24) is 4.72 Å². The van der Waals surface area contributed by atoms with E-state index in [0.29, 0.717) is 35.8 Å².